The minimum absolute atomic E-state index is 0.520. The van der Waals surface area contributed by atoms with Crippen LogP contribution in [0.25, 0.3) is 0 Å². The molecule has 0 N–H and O–H groups in total. The van der Waals surface area contributed by atoms with Crippen LogP contribution in [-0.2, 0) is 0 Å². The zero-order chi connectivity index (χ0) is 13.6. The molecule has 2 rings (SSSR count). The Bertz CT molecular complexity index is 245. The Morgan fingerprint density at radius 2 is 0.889 bits per heavy atom. The molecule has 18 heavy (non-hydrogen) atoms. The van der Waals surface area contributed by atoms with Gasteiger partial charge in [0.2, 0.25) is 0 Å². The average Bonchev–Trinajstić information content (AvgIpc) is 2.83. The van der Waals surface area contributed by atoms with E-state index >= 15 is 0 Å². The van der Waals surface area contributed by atoms with Crippen LogP contribution in [0.1, 0.15) is 80.1 Å². The van der Waals surface area contributed by atoms with Crippen molar-refractivity contribution in [3.63, 3.8) is 0 Å². The Hall–Kier alpha value is 0. The maximum absolute atomic E-state index is 2.47. The fourth-order valence-corrected chi connectivity index (χ4v) is 5.15. The normalized spacial score (nSPS) is 38.3. The molecule has 2 fully saturated rings. The van der Waals surface area contributed by atoms with Crippen molar-refractivity contribution in [1.82, 2.24) is 0 Å². The molecule has 0 unspecified atom stereocenters. The predicted octanol–water partition coefficient (Wildman–Crippen LogP) is 5.91. The summed E-state index contributed by atoms with van der Waals surface area (Å²) in [4.78, 5) is 0. The van der Waals surface area contributed by atoms with Gasteiger partial charge < -0.3 is 0 Å². The minimum atomic E-state index is 0.520. The van der Waals surface area contributed by atoms with Crippen molar-refractivity contribution < 1.29 is 0 Å². The van der Waals surface area contributed by atoms with E-state index in [1.165, 1.54) is 38.5 Å². The van der Waals surface area contributed by atoms with E-state index in [-0.39, 0.29) is 0 Å². The van der Waals surface area contributed by atoms with Gasteiger partial charge in [0.05, 0.1) is 0 Å². The molecule has 0 bridgehead atoms. The highest BCUT2D eigenvalue weighted by atomic mass is 14.5. The summed E-state index contributed by atoms with van der Waals surface area (Å²) in [6.07, 6.45) is 8.97. The maximum atomic E-state index is 2.47. The summed E-state index contributed by atoms with van der Waals surface area (Å²) >= 11 is 0. The highest BCUT2D eigenvalue weighted by molar-refractivity contribution is 4.96. The highest BCUT2D eigenvalue weighted by Crippen LogP contribution is 2.55. The Morgan fingerprint density at radius 3 is 1.17 bits per heavy atom. The van der Waals surface area contributed by atoms with E-state index in [1.54, 1.807) is 0 Å². The SMILES string of the molecule is CC(C)(C)[C@H]1CCC[C@@H]1[C@H]1CCC[C@@H]1C(C)(C)C. The molecule has 0 aromatic carbocycles. The topological polar surface area (TPSA) is 0 Å². The first-order valence-corrected chi connectivity index (χ1v) is 8.21. The minimum Gasteiger partial charge on any atom is -0.0599 e. The van der Waals surface area contributed by atoms with Crippen LogP contribution in [-0.4, -0.2) is 0 Å². The molecule has 0 heterocycles. The molecule has 0 radical (unpaired) electrons. The molecular formula is C18H34. The second-order valence-corrected chi connectivity index (χ2v) is 9.13. The van der Waals surface area contributed by atoms with Gasteiger partial charge in [0.1, 0.15) is 0 Å². The largest absolute Gasteiger partial charge is 0.0599 e. The smallest absolute Gasteiger partial charge is 0.0334 e. The van der Waals surface area contributed by atoms with E-state index in [1.807, 2.05) is 0 Å². The van der Waals surface area contributed by atoms with Gasteiger partial charge in [0.15, 0.2) is 0 Å². The molecule has 0 spiro atoms. The van der Waals surface area contributed by atoms with E-state index < -0.39 is 0 Å². The van der Waals surface area contributed by atoms with Crippen molar-refractivity contribution in [2.75, 3.05) is 0 Å². The Kier molecular flexibility index (Phi) is 3.87. The van der Waals surface area contributed by atoms with E-state index in [4.69, 9.17) is 0 Å². The quantitative estimate of drug-likeness (QED) is 0.542. The zero-order valence-electron chi connectivity index (χ0n) is 13.6. The molecule has 0 aromatic heterocycles. The molecule has 0 heteroatoms. The van der Waals surface area contributed by atoms with Gasteiger partial charge >= 0.3 is 0 Å². The monoisotopic (exact) mass is 250 g/mol. The van der Waals surface area contributed by atoms with Crippen molar-refractivity contribution in [3.05, 3.63) is 0 Å². The van der Waals surface area contributed by atoms with Gasteiger partial charge in [-0.15, -0.1) is 0 Å². The van der Waals surface area contributed by atoms with Gasteiger partial charge in [0.25, 0.3) is 0 Å². The van der Waals surface area contributed by atoms with Gasteiger partial charge in [-0.2, -0.15) is 0 Å². The highest BCUT2D eigenvalue weighted by Gasteiger charge is 2.46. The van der Waals surface area contributed by atoms with Gasteiger partial charge in [-0.3, -0.25) is 0 Å². The van der Waals surface area contributed by atoms with Crippen LogP contribution in [0.2, 0.25) is 0 Å². The fraction of sp³-hybridized carbons (Fsp3) is 1.00. The number of rotatable bonds is 1. The van der Waals surface area contributed by atoms with Gasteiger partial charge in [0, 0.05) is 0 Å². The summed E-state index contributed by atoms with van der Waals surface area (Å²) in [6, 6.07) is 0. The third-order valence-corrected chi connectivity index (χ3v) is 5.91. The lowest BCUT2D eigenvalue weighted by Gasteiger charge is -2.41. The van der Waals surface area contributed by atoms with Gasteiger partial charge in [-0.05, 0) is 60.2 Å². The molecule has 0 aliphatic heterocycles. The summed E-state index contributed by atoms with van der Waals surface area (Å²) in [7, 11) is 0. The summed E-state index contributed by atoms with van der Waals surface area (Å²) in [5.74, 6) is 4.00. The van der Waals surface area contributed by atoms with E-state index in [9.17, 15) is 0 Å². The van der Waals surface area contributed by atoms with Crippen LogP contribution in [0.5, 0.6) is 0 Å². The van der Waals surface area contributed by atoms with E-state index in [0.717, 1.165) is 23.7 Å². The van der Waals surface area contributed by atoms with Crippen molar-refractivity contribution >= 4 is 0 Å². The molecule has 106 valence electrons. The maximum Gasteiger partial charge on any atom is -0.0334 e. The zero-order valence-corrected chi connectivity index (χ0v) is 13.6. The second kappa shape index (κ2) is 4.84. The van der Waals surface area contributed by atoms with Crippen LogP contribution >= 0.6 is 0 Å². The van der Waals surface area contributed by atoms with Crippen molar-refractivity contribution in [2.45, 2.75) is 80.1 Å². The van der Waals surface area contributed by atoms with Crippen molar-refractivity contribution in [3.8, 4) is 0 Å². The van der Waals surface area contributed by atoms with Crippen LogP contribution in [0.3, 0.4) is 0 Å². The molecule has 0 nitrogen and oxygen atoms in total. The van der Waals surface area contributed by atoms with E-state index in [2.05, 4.69) is 41.5 Å². The van der Waals surface area contributed by atoms with Gasteiger partial charge in [-0.1, -0.05) is 54.4 Å². The first-order valence-electron chi connectivity index (χ1n) is 8.21. The molecule has 4 atom stereocenters. The molecule has 0 aromatic rings. The first kappa shape index (κ1) is 14.4. The lowest BCUT2D eigenvalue weighted by Crippen LogP contribution is -2.34. The third kappa shape index (κ3) is 2.78. The van der Waals surface area contributed by atoms with Gasteiger partial charge in [-0.25, -0.2) is 0 Å². The molecule has 2 saturated carbocycles. The average molecular weight is 250 g/mol. The standard InChI is InChI=1S/C18H34/c1-17(2,3)15-11-7-9-13(15)14-10-8-12-16(14)18(4,5)6/h13-16H,7-12H2,1-6H3/t13-,14-,15+,16+/m1/s1. The summed E-state index contributed by atoms with van der Waals surface area (Å²) in [6.45, 7) is 14.8. The molecular weight excluding hydrogens is 216 g/mol. The van der Waals surface area contributed by atoms with Crippen LogP contribution in [0.4, 0.5) is 0 Å². The molecule has 0 amide bonds. The number of hydrogen-bond donors (Lipinski definition) is 0. The fourth-order valence-electron chi connectivity index (χ4n) is 5.15. The van der Waals surface area contributed by atoms with E-state index in [0.29, 0.717) is 10.8 Å². The second-order valence-electron chi connectivity index (χ2n) is 9.13. The summed E-state index contributed by atoms with van der Waals surface area (Å²) in [5, 5.41) is 0. The summed E-state index contributed by atoms with van der Waals surface area (Å²) < 4.78 is 0. The third-order valence-electron chi connectivity index (χ3n) is 5.91. The molecule has 2 aliphatic rings. The summed E-state index contributed by atoms with van der Waals surface area (Å²) in [5.41, 5.74) is 1.04. The molecule has 2 aliphatic carbocycles. The Balaban J connectivity index is 2.15. The number of hydrogen-bond acceptors (Lipinski definition) is 0. The van der Waals surface area contributed by atoms with Crippen LogP contribution < -0.4 is 0 Å². The molecule has 0 saturated heterocycles. The van der Waals surface area contributed by atoms with Crippen molar-refractivity contribution in [1.29, 1.82) is 0 Å². The Morgan fingerprint density at radius 1 is 0.556 bits per heavy atom. The first-order chi connectivity index (χ1) is 8.21. The van der Waals surface area contributed by atoms with Crippen molar-refractivity contribution in [2.24, 2.45) is 34.5 Å². The lowest BCUT2D eigenvalue weighted by molar-refractivity contribution is 0.0758. The van der Waals surface area contributed by atoms with Crippen LogP contribution in [0.15, 0.2) is 0 Å². The van der Waals surface area contributed by atoms with Crippen LogP contribution in [0, 0.1) is 34.5 Å². The predicted molar refractivity (Wildman–Crippen MR) is 80.6 cm³/mol. The Labute approximate surface area is 115 Å². The lowest BCUT2D eigenvalue weighted by atomic mass is 9.64.